The van der Waals surface area contributed by atoms with Gasteiger partial charge in [-0.05, 0) is 24.0 Å². The Kier molecular flexibility index (Phi) is 2.51. The molecule has 0 saturated heterocycles. The summed E-state index contributed by atoms with van der Waals surface area (Å²) in [6.45, 7) is 7.18. The molecule has 1 aromatic carbocycles. The number of hydrogen-bond acceptors (Lipinski definition) is 1. The number of amides is 1. The summed E-state index contributed by atoms with van der Waals surface area (Å²) < 4.78 is 0. The highest BCUT2D eigenvalue weighted by atomic mass is 16.1. The molecule has 0 radical (unpaired) electrons. The predicted molar refractivity (Wildman–Crippen MR) is 61.1 cm³/mol. The Morgan fingerprint density at radius 1 is 1.40 bits per heavy atom. The van der Waals surface area contributed by atoms with Gasteiger partial charge in [0.05, 0.1) is 0 Å². The normalized spacial score (nSPS) is 20.0. The average Bonchev–Trinajstić information content (AvgIpc) is 2.17. The SMILES string of the molecule is Cc1cccc2c1C(=O)NCC2C(C)C. The largest absolute Gasteiger partial charge is 0.351 e. The van der Waals surface area contributed by atoms with E-state index < -0.39 is 0 Å². The van der Waals surface area contributed by atoms with Crippen LogP contribution in [-0.4, -0.2) is 12.5 Å². The highest BCUT2D eigenvalue weighted by Crippen LogP contribution is 2.31. The summed E-state index contributed by atoms with van der Waals surface area (Å²) in [5.41, 5.74) is 3.19. The number of carbonyl (C=O) groups is 1. The fourth-order valence-electron chi connectivity index (χ4n) is 2.31. The second-order valence-corrected chi connectivity index (χ2v) is 4.60. The van der Waals surface area contributed by atoms with E-state index in [1.54, 1.807) is 0 Å². The Hall–Kier alpha value is -1.31. The van der Waals surface area contributed by atoms with Gasteiger partial charge < -0.3 is 5.32 Å². The quantitative estimate of drug-likeness (QED) is 0.746. The van der Waals surface area contributed by atoms with Crippen molar-refractivity contribution in [3.05, 3.63) is 34.9 Å². The lowest BCUT2D eigenvalue weighted by atomic mass is 9.81. The maximum absolute atomic E-state index is 11.8. The van der Waals surface area contributed by atoms with E-state index in [0.717, 1.165) is 17.7 Å². The monoisotopic (exact) mass is 203 g/mol. The molecule has 0 spiro atoms. The van der Waals surface area contributed by atoms with Crippen LogP contribution in [0.1, 0.15) is 41.3 Å². The second-order valence-electron chi connectivity index (χ2n) is 4.60. The third kappa shape index (κ3) is 1.65. The minimum absolute atomic E-state index is 0.0833. The highest BCUT2D eigenvalue weighted by molar-refractivity contribution is 5.98. The Labute approximate surface area is 90.7 Å². The standard InChI is InChI=1S/C13H17NO/c1-8(2)11-7-14-13(15)12-9(3)5-4-6-10(11)12/h4-6,8,11H,7H2,1-3H3,(H,14,15). The first-order valence-electron chi connectivity index (χ1n) is 5.49. The summed E-state index contributed by atoms with van der Waals surface area (Å²) >= 11 is 0. The predicted octanol–water partition coefficient (Wildman–Crippen LogP) is 2.48. The molecule has 1 heterocycles. The molecule has 1 N–H and O–H groups in total. The van der Waals surface area contributed by atoms with Crippen LogP contribution in [0.25, 0.3) is 0 Å². The number of fused-ring (bicyclic) bond motifs is 1. The number of rotatable bonds is 1. The van der Waals surface area contributed by atoms with Crippen molar-refractivity contribution >= 4 is 5.91 Å². The van der Waals surface area contributed by atoms with Crippen LogP contribution in [0.5, 0.6) is 0 Å². The minimum atomic E-state index is 0.0833. The van der Waals surface area contributed by atoms with Crippen molar-refractivity contribution in [2.24, 2.45) is 5.92 Å². The summed E-state index contributed by atoms with van der Waals surface area (Å²) in [5.74, 6) is 1.10. The van der Waals surface area contributed by atoms with Crippen LogP contribution in [0.2, 0.25) is 0 Å². The first-order valence-corrected chi connectivity index (χ1v) is 5.49. The van der Waals surface area contributed by atoms with Crippen molar-refractivity contribution in [3.63, 3.8) is 0 Å². The first-order chi connectivity index (χ1) is 7.11. The number of nitrogens with one attached hydrogen (secondary N) is 1. The average molecular weight is 203 g/mol. The summed E-state index contributed by atoms with van der Waals surface area (Å²) in [6, 6.07) is 6.13. The van der Waals surface area contributed by atoms with E-state index in [2.05, 4.69) is 25.2 Å². The van der Waals surface area contributed by atoms with E-state index in [-0.39, 0.29) is 5.91 Å². The molecule has 2 heteroatoms. The third-order valence-corrected chi connectivity index (χ3v) is 3.22. The zero-order chi connectivity index (χ0) is 11.0. The highest BCUT2D eigenvalue weighted by Gasteiger charge is 2.27. The van der Waals surface area contributed by atoms with E-state index >= 15 is 0 Å². The maximum atomic E-state index is 11.8. The zero-order valence-corrected chi connectivity index (χ0v) is 9.50. The number of hydrogen-bond donors (Lipinski definition) is 1. The van der Waals surface area contributed by atoms with Crippen LogP contribution in [0.3, 0.4) is 0 Å². The summed E-state index contributed by atoms with van der Waals surface area (Å²) in [6.07, 6.45) is 0. The van der Waals surface area contributed by atoms with E-state index in [1.165, 1.54) is 5.56 Å². The molecule has 2 nitrogen and oxygen atoms in total. The van der Waals surface area contributed by atoms with Crippen molar-refractivity contribution in [1.29, 1.82) is 0 Å². The molecule has 1 unspecified atom stereocenters. The molecule has 1 aliphatic heterocycles. The molecule has 1 aliphatic rings. The van der Waals surface area contributed by atoms with Crippen LogP contribution < -0.4 is 5.32 Å². The Bertz CT molecular complexity index is 396. The van der Waals surface area contributed by atoms with E-state index in [1.807, 2.05) is 19.1 Å². The van der Waals surface area contributed by atoms with Gasteiger partial charge >= 0.3 is 0 Å². The van der Waals surface area contributed by atoms with E-state index in [4.69, 9.17) is 0 Å². The lowest BCUT2D eigenvalue weighted by Gasteiger charge is -2.29. The van der Waals surface area contributed by atoms with Gasteiger partial charge in [-0.1, -0.05) is 32.0 Å². The van der Waals surface area contributed by atoms with Gasteiger partial charge in [0.15, 0.2) is 0 Å². The van der Waals surface area contributed by atoms with Crippen LogP contribution in [0.4, 0.5) is 0 Å². The van der Waals surface area contributed by atoms with E-state index in [9.17, 15) is 4.79 Å². The van der Waals surface area contributed by atoms with Crippen molar-refractivity contribution in [1.82, 2.24) is 5.32 Å². The van der Waals surface area contributed by atoms with Gasteiger partial charge in [0.1, 0.15) is 0 Å². The van der Waals surface area contributed by atoms with Gasteiger partial charge in [-0.3, -0.25) is 4.79 Å². The molecular formula is C13H17NO. The molecule has 1 atom stereocenters. The summed E-state index contributed by atoms with van der Waals surface area (Å²) in [7, 11) is 0. The summed E-state index contributed by atoms with van der Waals surface area (Å²) in [4.78, 5) is 11.8. The third-order valence-electron chi connectivity index (χ3n) is 3.22. The van der Waals surface area contributed by atoms with Gasteiger partial charge in [-0.2, -0.15) is 0 Å². The van der Waals surface area contributed by atoms with Gasteiger partial charge in [0.2, 0.25) is 0 Å². The van der Waals surface area contributed by atoms with E-state index in [0.29, 0.717) is 11.8 Å². The lowest BCUT2D eigenvalue weighted by Crippen LogP contribution is -2.37. The van der Waals surface area contributed by atoms with Crippen LogP contribution in [0.15, 0.2) is 18.2 Å². The fourth-order valence-corrected chi connectivity index (χ4v) is 2.31. The zero-order valence-electron chi connectivity index (χ0n) is 9.50. The fraction of sp³-hybridized carbons (Fsp3) is 0.462. The van der Waals surface area contributed by atoms with Crippen molar-refractivity contribution in [2.75, 3.05) is 6.54 Å². The molecule has 2 rings (SSSR count). The van der Waals surface area contributed by atoms with Crippen molar-refractivity contribution in [2.45, 2.75) is 26.7 Å². The molecule has 1 aromatic rings. The Morgan fingerprint density at radius 3 is 2.80 bits per heavy atom. The van der Waals surface area contributed by atoms with Gasteiger partial charge in [-0.15, -0.1) is 0 Å². The van der Waals surface area contributed by atoms with Gasteiger partial charge in [0, 0.05) is 18.0 Å². The van der Waals surface area contributed by atoms with Gasteiger partial charge in [-0.25, -0.2) is 0 Å². The molecule has 80 valence electrons. The first kappa shape index (κ1) is 10.2. The van der Waals surface area contributed by atoms with Crippen LogP contribution >= 0.6 is 0 Å². The number of aryl methyl sites for hydroxylation is 1. The Balaban J connectivity index is 2.55. The summed E-state index contributed by atoms with van der Waals surface area (Å²) in [5, 5.41) is 2.97. The second kappa shape index (κ2) is 3.69. The molecule has 0 bridgehead atoms. The van der Waals surface area contributed by atoms with Gasteiger partial charge in [0.25, 0.3) is 5.91 Å². The number of benzene rings is 1. The molecule has 0 aromatic heterocycles. The number of carbonyl (C=O) groups excluding carboxylic acids is 1. The molecule has 15 heavy (non-hydrogen) atoms. The minimum Gasteiger partial charge on any atom is -0.351 e. The van der Waals surface area contributed by atoms with Crippen LogP contribution in [0, 0.1) is 12.8 Å². The van der Waals surface area contributed by atoms with Crippen LogP contribution in [-0.2, 0) is 0 Å². The van der Waals surface area contributed by atoms with Crippen molar-refractivity contribution < 1.29 is 4.79 Å². The molecule has 0 aliphatic carbocycles. The molecule has 0 fully saturated rings. The maximum Gasteiger partial charge on any atom is 0.251 e. The lowest BCUT2D eigenvalue weighted by molar-refractivity contribution is 0.0935. The smallest absolute Gasteiger partial charge is 0.251 e. The van der Waals surface area contributed by atoms with Crippen molar-refractivity contribution in [3.8, 4) is 0 Å². The molecule has 0 saturated carbocycles. The molecule has 1 amide bonds. The topological polar surface area (TPSA) is 29.1 Å². The Morgan fingerprint density at radius 2 is 2.13 bits per heavy atom. The molecular weight excluding hydrogens is 186 g/mol.